The van der Waals surface area contributed by atoms with Crippen molar-refractivity contribution in [3.8, 4) is 0 Å². The van der Waals surface area contributed by atoms with Crippen LogP contribution in [0, 0.1) is 0 Å². The summed E-state index contributed by atoms with van der Waals surface area (Å²) in [7, 11) is 0. The lowest BCUT2D eigenvalue weighted by Gasteiger charge is -2.18. The molecule has 1 rings (SSSR count). The van der Waals surface area contributed by atoms with Crippen LogP contribution >= 0.6 is 34.5 Å². The number of hydrogen-bond donors (Lipinski definition) is 1. The first kappa shape index (κ1) is 17.1. The first-order valence-corrected chi connectivity index (χ1v) is 7.65. The largest absolute Gasteiger partial charge is 0.375 e. The Morgan fingerprint density at radius 1 is 1.42 bits per heavy atom. The molecule has 1 heterocycles. The number of alkyl halides is 2. The number of ether oxygens (including phenoxy) is 1. The molecule has 1 aromatic rings. The highest BCUT2D eigenvalue weighted by Crippen LogP contribution is 2.36. The summed E-state index contributed by atoms with van der Waals surface area (Å²) in [5, 5.41) is 3.32. The molecule has 0 spiro atoms. The van der Waals surface area contributed by atoms with Gasteiger partial charge in [0.15, 0.2) is 0 Å². The zero-order valence-electron chi connectivity index (χ0n) is 10.6. The summed E-state index contributed by atoms with van der Waals surface area (Å²) in [6, 6.07) is 1.79. The summed E-state index contributed by atoms with van der Waals surface area (Å²) in [6.07, 6.45) is -0.871. The lowest BCUT2D eigenvalue weighted by atomic mass is 10.1. The van der Waals surface area contributed by atoms with E-state index in [0.717, 1.165) is 18.5 Å². The van der Waals surface area contributed by atoms with E-state index in [0.29, 0.717) is 15.1 Å². The summed E-state index contributed by atoms with van der Waals surface area (Å²) in [5.41, 5.74) is 0.908. The molecule has 1 N–H and O–H groups in total. The van der Waals surface area contributed by atoms with Crippen molar-refractivity contribution in [2.75, 3.05) is 19.8 Å². The monoisotopic (exact) mass is 331 g/mol. The van der Waals surface area contributed by atoms with Gasteiger partial charge in [0.2, 0.25) is 0 Å². The second kappa shape index (κ2) is 9.08. The molecular formula is C12H17Cl2F2NOS. The van der Waals surface area contributed by atoms with Gasteiger partial charge in [-0.05, 0) is 25.5 Å². The number of thiophene rings is 1. The van der Waals surface area contributed by atoms with Gasteiger partial charge in [0, 0.05) is 18.2 Å². The minimum absolute atomic E-state index is 0.0196. The van der Waals surface area contributed by atoms with Crippen LogP contribution in [0.2, 0.25) is 8.67 Å². The Morgan fingerprint density at radius 2 is 2.16 bits per heavy atom. The second-order valence-corrected chi connectivity index (χ2v) is 6.33. The molecule has 0 aliphatic carbocycles. The van der Waals surface area contributed by atoms with E-state index in [4.69, 9.17) is 27.9 Å². The van der Waals surface area contributed by atoms with E-state index < -0.39 is 13.0 Å². The van der Waals surface area contributed by atoms with E-state index in [9.17, 15) is 8.78 Å². The summed E-state index contributed by atoms with van der Waals surface area (Å²) < 4.78 is 30.1. The third kappa shape index (κ3) is 6.36. The predicted molar refractivity (Wildman–Crippen MR) is 76.8 cm³/mol. The van der Waals surface area contributed by atoms with E-state index in [1.807, 2.05) is 6.07 Å². The molecule has 0 fully saturated rings. The standard InChI is InChI=1S/C12H17Cl2F2NOS/c1-2-4-17-9(3-5-18-7-11(15)16)8-6-10(13)19-12(8)14/h6,9,11,17H,2-5,7H2,1H3. The molecule has 1 aromatic heterocycles. The van der Waals surface area contributed by atoms with Crippen LogP contribution in [0.1, 0.15) is 31.4 Å². The summed E-state index contributed by atoms with van der Waals surface area (Å²) in [5.74, 6) is 0. The highest BCUT2D eigenvalue weighted by Gasteiger charge is 2.17. The fraction of sp³-hybridized carbons (Fsp3) is 0.667. The molecule has 2 nitrogen and oxygen atoms in total. The molecule has 7 heteroatoms. The zero-order valence-corrected chi connectivity index (χ0v) is 12.9. The van der Waals surface area contributed by atoms with E-state index in [2.05, 4.69) is 12.2 Å². The average molecular weight is 332 g/mol. The zero-order chi connectivity index (χ0) is 14.3. The topological polar surface area (TPSA) is 21.3 Å². The van der Waals surface area contributed by atoms with Crippen molar-refractivity contribution in [1.29, 1.82) is 0 Å². The first-order valence-electron chi connectivity index (χ1n) is 6.08. The minimum atomic E-state index is -2.43. The van der Waals surface area contributed by atoms with Crippen molar-refractivity contribution < 1.29 is 13.5 Å². The maximum atomic E-state index is 12.0. The predicted octanol–water partition coefficient (Wildman–Crippen LogP) is 4.77. The van der Waals surface area contributed by atoms with E-state index in [1.165, 1.54) is 11.3 Å². The Balaban J connectivity index is 2.54. The van der Waals surface area contributed by atoms with Gasteiger partial charge in [-0.15, -0.1) is 11.3 Å². The quantitative estimate of drug-likeness (QED) is 0.658. The van der Waals surface area contributed by atoms with Crippen molar-refractivity contribution >= 4 is 34.5 Å². The van der Waals surface area contributed by atoms with Gasteiger partial charge < -0.3 is 10.1 Å². The Labute approximate surface area is 126 Å². The lowest BCUT2D eigenvalue weighted by molar-refractivity contribution is 0.0144. The molecule has 0 bridgehead atoms. The molecule has 0 radical (unpaired) electrons. The van der Waals surface area contributed by atoms with Gasteiger partial charge in [-0.25, -0.2) is 8.78 Å². The van der Waals surface area contributed by atoms with Crippen LogP contribution in [0.4, 0.5) is 8.78 Å². The molecule has 0 amide bonds. The molecule has 110 valence electrons. The van der Waals surface area contributed by atoms with Gasteiger partial charge in [-0.3, -0.25) is 0 Å². The van der Waals surface area contributed by atoms with E-state index in [-0.39, 0.29) is 12.6 Å². The third-order valence-electron chi connectivity index (χ3n) is 2.49. The molecule has 0 aromatic carbocycles. The van der Waals surface area contributed by atoms with Crippen LogP contribution in [-0.4, -0.2) is 26.2 Å². The summed E-state index contributed by atoms with van der Waals surface area (Å²) in [6.45, 7) is 2.61. The molecular weight excluding hydrogens is 315 g/mol. The highest BCUT2D eigenvalue weighted by atomic mass is 35.5. The van der Waals surface area contributed by atoms with Gasteiger partial charge in [-0.1, -0.05) is 30.1 Å². The minimum Gasteiger partial charge on any atom is -0.375 e. The maximum absolute atomic E-state index is 12.0. The molecule has 1 unspecified atom stereocenters. The molecule has 0 saturated heterocycles. The molecule has 0 saturated carbocycles. The maximum Gasteiger partial charge on any atom is 0.261 e. The molecule has 19 heavy (non-hydrogen) atoms. The van der Waals surface area contributed by atoms with Crippen LogP contribution in [0.5, 0.6) is 0 Å². The van der Waals surface area contributed by atoms with Crippen LogP contribution < -0.4 is 5.32 Å². The van der Waals surface area contributed by atoms with E-state index in [1.54, 1.807) is 0 Å². The van der Waals surface area contributed by atoms with Crippen molar-refractivity contribution in [2.24, 2.45) is 0 Å². The highest BCUT2D eigenvalue weighted by molar-refractivity contribution is 7.20. The van der Waals surface area contributed by atoms with Crippen LogP contribution in [0.25, 0.3) is 0 Å². The Morgan fingerprint density at radius 3 is 2.68 bits per heavy atom. The molecule has 0 aliphatic heterocycles. The van der Waals surface area contributed by atoms with Crippen molar-refractivity contribution in [1.82, 2.24) is 5.32 Å². The van der Waals surface area contributed by atoms with Crippen LogP contribution in [-0.2, 0) is 4.74 Å². The normalized spacial score (nSPS) is 13.2. The number of rotatable bonds is 9. The van der Waals surface area contributed by atoms with Gasteiger partial charge in [0.05, 0.1) is 8.67 Å². The van der Waals surface area contributed by atoms with E-state index >= 15 is 0 Å². The average Bonchev–Trinajstić information content (AvgIpc) is 2.67. The fourth-order valence-electron chi connectivity index (χ4n) is 1.65. The lowest BCUT2D eigenvalue weighted by Crippen LogP contribution is -2.23. The third-order valence-corrected chi connectivity index (χ3v) is 4.01. The second-order valence-electron chi connectivity index (χ2n) is 4.04. The number of hydrogen-bond acceptors (Lipinski definition) is 3. The number of nitrogens with one attached hydrogen (secondary N) is 1. The van der Waals surface area contributed by atoms with Gasteiger partial charge in [-0.2, -0.15) is 0 Å². The van der Waals surface area contributed by atoms with Gasteiger partial charge in [0.1, 0.15) is 6.61 Å². The fourth-order valence-corrected chi connectivity index (χ4v) is 3.23. The number of halogens is 4. The Kier molecular flexibility index (Phi) is 8.18. The van der Waals surface area contributed by atoms with Crippen molar-refractivity contribution in [2.45, 2.75) is 32.2 Å². The summed E-state index contributed by atoms with van der Waals surface area (Å²) in [4.78, 5) is 0. The summed E-state index contributed by atoms with van der Waals surface area (Å²) >= 11 is 13.3. The van der Waals surface area contributed by atoms with Crippen molar-refractivity contribution in [3.63, 3.8) is 0 Å². The van der Waals surface area contributed by atoms with Gasteiger partial charge in [0.25, 0.3) is 6.43 Å². The van der Waals surface area contributed by atoms with Crippen LogP contribution in [0.15, 0.2) is 6.07 Å². The first-order chi connectivity index (χ1) is 9.04. The smallest absolute Gasteiger partial charge is 0.261 e. The van der Waals surface area contributed by atoms with Crippen LogP contribution in [0.3, 0.4) is 0 Å². The molecule has 0 aliphatic rings. The Bertz CT molecular complexity index is 377. The molecule has 1 atom stereocenters. The van der Waals surface area contributed by atoms with Gasteiger partial charge >= 0.3 is 0 Å². The SMILES string of the molecule is CCCNC(CCOCC(F)F)c1cc(Cl)sc1Cl. The Hall–Kier alpha value is 0.0600. The van der Waals surface area contributed by atoms with Crippen molar-refractivity contribution in [3.05, 3.63) is 20.3 Å².